The van der Waals surface area contributed by atoms with Gasteiger partial charge in [-0.25, -0.2) is 0 Å². The third-order valence-corrected chi connectivity index (χ3v) is 2.09. The molecule has 0 saturated carbocycles. The first-order chi connectivity index (χ1) is 7.19. The maximum absolute atomic E-state index is 10.8. The molecule has 0 aliphatic carbocycles. The van der Waals surface area contributed by atoms with Crippen molar-refractivity contribution in [3.05, 3.63) is 52.6 Å². The number of nitro groups is 1. The predicted molar refractivity (Wildman–Crippen MR) is 56.7 cm³/mol. The van der Waals surface area contributed by atoms with Crippen molar-refractivity contribution in [3.8, 4) is 0 Å². The SMILES string of the molecule is C=CCC(C=O)c1cccc([N+](=O)[O-])c1. The molecule has 0 heterocycles. The van der Waals surface area contributed by atoms with Crippen molar-refractivity contribution in [1.29, 1.82) is 0 Å². The molecule has 15 heavy (non-hydrogen) atoms. The molecular formula is C11H11NO3. The molecule has 1 aromatic rings. The van der Waals surface area contributed by atoms with Crippen LogP contribution in [0.25, 0.3) is 0 Å². The Morgan fingerprint density at radius 3 is 2.80 bits per heavy atom. The van der Waals surface area contributed by atoms with Gasteiger partial charge in [0, 0.05) is 18.1 Å². The minimum atomic E-state index is -0.473. The van der Waals surface area contributed by atoms with Gasteiger partial charge >= 0.3 is 0 Å². The Hall–Kier alpha value is -1.97. The molecule has 0 fully saturated rings. The molecule has 0 saturated heterocycles. The summed E-state index contributed by atoms with van der Waals surface area (Å²) >= 11 is 0. The van der Waals surface area contributed by atoms with Crippen LogP contribution in [0.2, 0.25) is 0 Å². The molecule has 1 atom stereocenters. The van der Waals surface area contributed by atoms with Gasteiger partial charge in [-0.2, -0.15) is 0 Å². The second kappa shape index (κ2) is 5.05. The average molecular weight is 205 g/mol. The lowest BCUT2D eigenvalue weighted by atomic mass is 9.97. The van der Waals surface area contributed by atoms with Crippen LogP contribution in [0.4, 0.5) is 5.69 Å². The van der Waals surface area contributed by atoms with E-state index in [-0.39, 0.29) is 11.6 Å². The Labute approximate surface area is 87.4 Å². The zero-order valence-electron chi connectivity index (χ0n) is 8.13. The molecule has 4 nitrogen and oxygen atoms in total. The summed E-state index contributed by atoms with van der Waals surface area (Å²) < 4.78 is 0. The third kappa shape index (κ3) is 2.74. The number of hydrogen-bond donors (Lipinski definition) is 0. The molecule has 0 radical (unpaired) electrons. The van der Waals surface area contributed by atoms with E-state index < -0.39 is 4.92 Å². The summed E-state index contributed by atoms with van der Waals surface area (Å²) in [4.78, 5) is 20.8. The largest absolute Gasteiger partial charge is 0.303 e. The summed E-state index contributed by atoms with van der Waals surface area (Å²) in [6.07, 6.45) is 2.89. The van der Waals surface area contributed by atoms with Crippen molar-refractivity contribution >= 4 is 12.0 Å². The minimum absolute atomic E-state index is 0.00316. The fourth-order valence-corrected chi connectivity index (χ4v) is 1.32. The molecule has 0 amide bonds. The molecule has 0 N–H and O–H groups in total. The van der Waals surface area contributed by atoms with Crippen LogP contribution in [0.3, 0.4) is 0 Å². The number of nitro benzene ring substituents is 1. The number of carbonyl (C=O) groups is 1. The van der Waals surface area contributed by atoms with Crippen molar-refractivity contribution in [2.75, 3.05) is 0 Å². The second-order valence-electron chi connectivity index (χ2n) is 3.12. The van der Waals surface area contributed by atoms with Gasteiger partial charge in [0.2, 0.25) is 0 Å². The van der Waals surface area contributed by atoms with E-state index in [1.54, 1.807) is 18.2 Å². The highest BCUT2D eigenvalue weighted by molar-refractivity contribution is 5.63. The summed E-state index contributed by atoms with van der Waals surface area (Å²) in [6, 6.07) is 6.10. The van der Waals surface area contributed by atoms with E-state index in [0.29, 0.717) is 12.0 Å². The standard InChI is InChI=1S/C11H11NO3/c1-2-4-10(8-13)9-5-3-6-11(7-9)12(14)15/h2-3,5-8,10H,1,4H2. The van der Waals surface area contributed by atoms with Gasteiger partial charge in [-0.15, -0.1) is 6.58 Å². The zero-order chi connectivity index (χ0) is 11.3. The van der Waals surface area contributed by atoms with Gasteiger partial charge in [-0.05, 0) is 12.0 Å². The molecule has 0 aromatic heterocycles. The maximum atomic E-state index is 10.8. The van der Waals surface area contributed by atoms with Crippen LogP contribution in [0.1, 0.15) is 17.9 Å². The lowest BCUT2D eigenvalue weighted by Crippen LogP contribution is -1.99. The molecule has 0 aliphatic rings. The van der Waals surface area contributed by atoms with E-state index in [2.05, 4.69) is 6.58 Å². The quantitative estimate of drug-likeness (QED) is 0.321. The highest BCUT2D eigenvalue weighted by Gasteiger charge is 2.12. The predicted octanol–water partition coefficient (Wildman–Crippen LogP) is 2.45. The lowest BCUT2D eigenvalue weighted by Gasteiger charge is -2.06. The molecule has 1 unspecified atom stereocenters. The van der Waals surface area contributed by atoms with Crippen molar-refractivity contribution in [3.63, 3.8) is 0 Å². The van der Waals surface area contributed by atoms with Crippen molar-refractivity contribution in [1.82, 2.24) is 0 Å². The van der Waals surface area contributed by atoms with Gasteiger partial charge in [0.05, 0.1) is 4.92 Å². The summed E-state index contributed by atoms with van der Waals surface area (Å²) in [6.45, 7) is 3.54. The second-order valence-corrected chi connectivity index (χ2v) is 3.12. The molecule has 4 heteroatoms. The Balaban J connectivity index is 3.02. The number of allylic oxidation sites excluding steroid dienone is 1. The normalized spacial score (nSPS) is 11.7. The van der Waals surface area contributed by atoms with Crippen LogP contribution in [0.15, 0.2) is 36.9 Å². The van der Waals surface area contributed by atoms with Crippen molar-refractivity contribution in [2.24, 2.45) is 0 Å². The van der Waals surface area contributed by atoms with E-state index in [1.165, 1.54) is 12.1 Å². The summed E-state index contributed by atoms with van der Waals surface area (Å²) in [5, 5.41) is 10.5. The van der Waals surface area contributed by atoms with Gasteiger partial charge in [-0.3, -0.25) is 10.1 Å². The lowest BCUT2D eigenvalue weighted by molar-refractivity contribution is -0.384. The number of nitrogens with zero attached hydrogens (tertiary/aromatic N) is 1. The van der Waals surface area contributed by atoms with Crippen molar-refractivity contribution < 1.29 is 9.72 Å². The molecule has 0 bridgehead atoms. The van der Waals surface area contributed by atoms with E-state index >= 15 is 0 Å². The molecule has 0 aliphatic heterocycles. The third-order valence-electron chi connectivity index (χ3n) is 2.09. The van der Waals surface area contributed by atoms with Crippen molar-refractivity contribution in [2.45, 2.75) is 12.3 Å². The van der Waals surface area contributed by atoms with Gasteiger partial charge in [0.15, 0.2) is 0 Å². The van der Waals surface area contributed by atoms with Crippen LogP contribution < -0.4 is 0 Å². The summed E-state index contributed by atoms with van der Waals surface area (Å²) in [5.74, 6) is -0.345. The summed E-state index contributed by atoms with van der Waals surface area (Å²) in [7, 11) is 0. The van der Waals surface area contributed by atoms with E-state index in [9.17, 15) is 14.9 Å². The smallest absolute Gasteiger partial charge is 0.269 e. The number of carbonyl (C=O) groups excluding carboxylic acids is 1. The van der Waals surface area contributed by atoms with E-state index in [0.717, 1.165) is 6.29 Å². The number of aldehydes is 1. The van der Waals surface area contributed by atoms with Gasteiger partial charge in [0.25, 0.3) is 5.69 Å². The topological polar surface area (TPSA) is 60.2 Å². The Morgan fingerprint density at radius 1 is 1.53 bits per heavy atom. The highest BCUT2D eigenvalue weighted by atomic mass is 16.6. The molecular weight excluding hydrogens is 194 g/mol. The van der Waals surface area contributed by atoms with Crippen LogP contribution in [-0.4, -0.2) is 11.2 Å². The first-order valence-corrected chi connectivity index (χ1v) is 4.49. The van der Waals surface area contributed by atoms with Gasteiger partial charge < -0.3 is 4.79 Å². The Bertz CT molecular complexity index is 387. The fraction of sp³-hybridized carbons (Fsp3) is 0.182. The minimum Gasteiger partial charge on any atom is -0.303 e. The highest BCUT2D eigenvalue weighted by Crippen LogP contribution is 2.22. The van der Waals surface area contributed by atoms with Crippen LogP contribution >= 0.6 is 0 Å². The fourth-order valence-electron chi connectivity index (χ4n) is 1.32. The van der Waals surface area contributed by atoms with E-state index in [4.69, 9.17) is 0 Å². The maximum Gasteiger partial charge on any atom is 0.269 e. The zero-order valence-corrected chi connectivity index (χ0v) is 8.13. The molecule has 1 rings (SSSR count). The number of rotatable bonds is 5. The van der Waals surface area contributed by atoms with Gasteiger partial charge in [0.1, 0.15) is 6.29 Å². The first-order valence-electron chi connectivity index (χ1n) is 4.49. The average Bonchev–Trinajstić information content (AvgIpc) is 2.26. The van der Waals surface area contributed by atoms with Crippen LogP contribution in [0.5, 0.6) is 0 Å². The van der Waals surface area contributed by atoms with Crippen LogP contribution in [0, 0.1) is 10.1 Å². The summed E-state index contributed by atoms with van der Waals surface area (Å²) in [5.41, 5.74) is 0.655. The van der Waals surface area contributed by atoms with E-state index in [1.807, 2.05) is 0 Å². The van der Waals surface area contributed by atoms with Gasteiger partial charge in [-0.1, -0.05) is 18.2 Å². The van der Waals surface area contributed by atoms with Crippen LogP contribution in [-0.2, 0) is 4.79 Å². The Morgan fingerprint density at radius 2 is 2.27 bits per heavy atom. The molecule has 0 spiro atoms. The number of hydrogen-bond acceptors (Lipinski definition) is 3. The first kappa shape index (κ1) is 11.1. The molecule has 1 aromatic carbocycles. The monoisotopic (exact) mass is 205 g/mol. The molecule has 78 valence electrons. The number of non-ortho nitro benzene ring substituents is 1. The Kier molecular flexibility index (Phi) is 3.74. The number of benzene rings is 1.